The summed E-state index contributed by atoms with van der Waals surface area (Å²) in [6.45, 7) is 1.82. The second-order valence-electron chi connectivity index (χ2n) is 7.17. The molecule has 156 valence electrons. The Morgan fingerprint density at radius 2 is 1.61 bits per heavy atom. The average Bonchev–Trinajstić information content (AvgIpc) is 2.96. The predicted octanol–water partition coefficient (Wildman–Crippen LogP) is 7.21. The summed E-state index contributed by atoms with van der Waals surface area (Å²) in [4.78, 5) is 11.3. The number of fused-ring (bicyclic) bond motifs is 1. The molecule has 3 nitrogen and oxygen atoms in total. The van der Waals surface area contributed by atoms with Gasteiger partial charge in [0.1, 0.15) is 23.1 Å². The summed E-state index contributed by atoms with van der Waals surface area (Å²) in [7, 11) is 0. The maximum absolute atomic E-state index is 14.1. The second-order valence-corrected chi connectivity index (χ2v) is 7.58. The number of hydrogen-bond acceptors (Lipinski definition) is 2. The number of hydrogen-bond donors (Lipinski definition) is 1. The molecule has 0 saturated carbocycles. The Balaban J connectivity index is 1.67. The fourth-order valence-corrected chi connectivity index (χ4v) is 3.75. The topological polar surface area (TPSA) is 46.5 Å². The van der Waals surface area contributed by atoms with Crippen LogP contribution < -0.4 is 4.74 Å². The van der Waals surface area contributed by atoms with Gasteiger partial charge >= 0.3 is 5.97 Å². The van der Waals surface area contributed by atoms with E-state index >= 15 is 0 Å². The number of rotatable bonds is 5. The summed E-state index contributed by atoms with van der Waals surface area (Å²) in [5, 5.41) is 9.26. The number of carbonyl (C=O) groups is 1. The van der Waals surface area contributed by atoms with E-state index in [9.17, 15) is 18.7 Å². The standard InChI is InChI=1S/C25H17ClF2O3/c1-14-19(21-11-23(26)24(28)12-22(21)20(14)13-25(29)30)10-15-2-6-17(7-3-15)31-18-8-4-16(27)5-9-18/h2-12H,13H2,1H3,(H,29,30)/b19-10+. The van der Waals surface area contributed by atoms with E-state index in [1.807, 2.05) is 25.1 Å². The third-order valence-corrected chi connectivity index (χ3v) is 5.39. The van der Waals surface area contributed by atoms with Crippen LogP contribution in [-0.2, 0) is 4.79 Å². The van der Waals surface area contributed by atoms with Crippen molar-refractivity contribution in [3.63, 3.8) is 0 Å². The van der Waals surface area contributed by atoms with Crippen LogP contribution in [0.5, 0.6) is 11.5 Å². The van der Waals surface area contributed by atoms with Crippen LogP contribution in [0.1, 0.15) is 30.0 Å². The Labute approximate surface area is 182 Å². The van der Waals surface area contributed by atoms with E-state index < -0.39 is 11.8 Å². The molecule has 4 rings (SSSR count). The molecule has 0 aromatic heterocycles. The van der Waals surface area contributed by atoms with Gasteiger partial charge in [0, 0.05) is 0 Å². The second kappa shape index (κ2) is 8.36. The van der Waals surface area contributed by atoms with Crippen molar-refractivity contribution in [2.75, 3.05) is 0 Å². The van der Waals surface area contributed by atoms with Crippen molar-refractivity contribution < 1.29 is 23.4 Å². The minimum absolute atomic E-state index is 0.0166. The Kier molecular flexibility index (Phi) is 5.61. The fourth-order valence-electron chi connectivity index (χ4n) is 3.59. The molecule has 0 spiro atoms. The van der Waals surface area contributed by atoms with Gasteiger partial charge in [-0.3, -0.25) is 4.79 Å². The van der Waals surface area contributed by atoms with Gasteiger partial charge in [-0.15, -0.1) is 0 Å². The molecule has 0 aliphatic heterocycles. The van der Waals surface area contributed by atoms with Crippen LogP contribution in [0.2, 0.25) is 5.02 Å². The van der Waals surface area contributed by atoms with Gasteiger partial charge in [0.2, 0.25) is 0 Å². The van der Waals surface area contributed by atoms with Crippen molar-refractivity contribution in [2.45, 2.75) is 13.3 Å². The molecule has 1 N–H and O–H groups in total. The van der Waals surface area contributed by atoms with Crippen molar-refractivity contribution in [1.82, 2.24) is 0 Å². The van der Waals surface area contributed by atoms with E-state index in [1.54, 1.807) is 24.3 Å². The molecular weight excluding hydrogens is 422 g/mol. The monoisotopic (exact) mass is 438 g/mol. The van der Waals surface area contributed by atoms with E-state index in [-0.39, 0.29) is 17.3 Å². The van der Waals surface area contributed by atoms with Crippen LogP contribution in [0.4, 0.5) is 8.78 Å². The zero-order chi connectivity index (χ0) is 22.1. The molecule has 0 atom stereocenters. The zero-order valence-corrected chi connectivity index (χ0v) is 17.2. The smallest absolute Gasteiger partial charge is 0.307 e. The Bertz CT molecular complexity index is 1230. The molecule has 6 heteroatoms. The number of halogens is 3. The highest BCUT2D eigenvalue weighted by Crippen LogP contribution is 2.45. The molecule has 1 aliphatic rings. The van der Waals surface area contributed by atoms with E-state index in [1.165, 1.54) is 24.3 Å². The maximum Gasteiger partial charge on any atom is 0.307 e. The molecule has 3 aromatic carbocycles. The molecule has 31 heavy (non-hydrogen) atoms. The van der Waals surface area contributed by atoms with Crippen molar-refractivity contribution in [1.29, 1.82) is 0 Å². The van der Waals surface area contributed by atoms with Crippen LogP contribution in [0.3, 0.4) is 0 Å². The first-order chi connectivity index (χ1) is 14.8. The van der Waals surface area contributed by atoms with Gasteiger partial charge in [-0.1, -0.05) is 23.7 Å². The molecule has 0 bridgehead atoms. The van der Waals surface area contributed by atoms with Gasteiger partial charge in [0.25, 0.3) is 0 Å². The average molecular weight is 439 g/mol. The molecule has 1 aliphatic carbocycles. The van der Waals surface area contributed by atoms with E-state index in [2.05, 4.69) is 0 Å². The SMILES string of the molecule is CC1=C(CC(=O)O)c2cc(F)c(Cl)cc2/C1=C/c1ccc(Oc2ccc(F)cc2)cc1. The highest BCUT2D eigenvalue weighted by Gasteiger charge is 2.26. The van der Waals surface area contributed by atoms with Crippen molar-refractivity contribution in [2.24, 2.45) is 0 Å². The highest BCUT2D eigenvalue weighted by atomic mass is 35.5. The minimum Gasteiger partial charge on any atom is -0.481 e. The minimum atomic E-state index is -0.987. The van der Waals surface area contributed by atoms with Gasteiger partial charge in [0.15, 0.2) is 0 Å². The van der Waals surface area contributed by atoms with Crippen LogP contribution in [-0.4, -0.2) is 11.1 Å². The summed E-state index contributed by atoms with van der Waals surface area (Å²) >= 11 is 5.99. The van der Waals surface area contributed by atoms with Crippen molar-refractivity contribution in [3.05, 3.63) is 99.6 Å². The largest absolute Gasteiger partial charge is 0.481 e. The molecular formula is C25H17ClF2O3. The zero-order valence-electron chi connectivity index (χ0n) is 16.5. The van der Waals surface area contributed by atoms with Crippen LogP contribution in [0.15, 0.2) is 66.2 Å². The molecule has 0 radical (unpaired) electrons. The Hall–Kier alpha value is -3.44. The fraction of sp³-hybridized carbons (Fsp3) is 0.0800. The highest BCUT2D eigenvalue weighted by molar-refractivity contribution is 6.31. The third kappa shape index (κ3) is 4.37. The van der Waals surface area contributed by atoms with Gasteiger partial charge < -0.3 is 9.84 Å². The number of carboxylic acids is 1. The van der Waals surface area contributed by atoms with Gasteiger partial charge in [-0.2, -0.15) is 0 Å². The summed E-state index contributed by atoms with van der Waals surface area (Å²) in [5.41, 5.74) is 4.23. The Morgan fingerprint density at radius 1 is 1.00 bits per heavy atom. The number of aliphatic carboxylic acids is 1. The lowest BCUT2D eigenvalue weighted by Crippen LogP contribution is -1.97. The Morgan fingerprint density at radius 3 is 2.23 bits per heavy atom. The molecule has 0 heterocycles. The summed E-state index contributed by atoms with van der Waals surface area (Å²) in [5.74, 6) is -0.800. The van der Waals surface area contributed by atoms with Crippen molar-refractivity contribution >= 4 is 34.8 Å². The normalized spacial score (nSPS) is 14.1. The number of carboxylic acid groups (broad SMARTS) is 1. The van der Waals surface area contributed by atoms with Crippen molar-refractivity contribution in [3.8, 4) is 11.5 Å². The van der Waals surface area contributed by atoms with E-state index in [0.717, 1.165) is 16.7 Å². The quantitative estimate of drug-likeness (QED) is 0.457. The molecule has 0 unspecified atom stereocenters. The molecule has 3 aromatic rings. The van der Waals surface area contributed by atoms with Crippen LogP contribution >= 0.6 is 11.6 Å². The first-order valence-corrected chi connectivity index (χ1v) is 9.86. The molecule has 0 amide bonds. The lowest BCUT2D eigenvalue weighted by Gasteiger charge is -2.08. The first kappa shape index (κ1) is 20.8. The number of allylic oxidation sites excluding steroid dienone is 2. The number of benzene rings is 3. The number of ether oxygens (including phenoxy) is 1. The third-order valence-electron chi connectivity index (χ3n) is 5.10. The van der Waals surface area contributed by atoms with E-state index in [0.29, 0.717) is 28.2 Å². The lowest BCUT2D eigenvalue weighted by molar-refractivity contribution is -0.135. The van der Waals surface area contributed by atoms with Crippen LogP contribution in [0, 0.1) is 11.6 Å². The predicted molar refractivity (Wildman–Crippen MR) is 117 cm³/mol. The van der Waals surface area contributed by atoms with E-state index in [4.69, 9.17) is 16.3 Å². The first-order valence-electron chi connectivity index (χ1n) is 9.48. The van der Waals surface area contributed by atoms with Gasteiger partial charge in [-0.05, 0) is 94.9 Å². The molecule has 0 fully saturated rings. The summed E-state index contributed by atoms with van der Waals surface area (Å²) in [6, 6.07) is 15.8. The van der Waals surface area contributed by atoms with Crippen LogP contribution in [0.25, 0.3) is 17.2 Å². The molecule has 0 saturated heterocycles. The summed E-state index contributed by atoms with van der Waals surface area (Å²) < 4.78 is 32.8. The van der Waals surface area contributed by atoms with Gasteiger partial charge in [-0.25, -0.2) is 8.78 Å². The lowest BCUT2D eigenvalue weighted by atomic mass is 10.0. The summed E-state index contributed by atoms with van der Waals surface area (Å²) in [6.07, 6.45) is 1.70. The van der Waals surface area contributed by atoms with Gasteiger partial charge in [0.05, 0.1) is 11.4 Å². The maximum atomic E-state index is 14.1.